The molecule has 1 rings (SSSR count). The van der Waals surface area contributed by atoms with Gasteiger partial charge in [0.1, 0.15) is 0 Å². The molecular formula is C13H21N3O2S. The highest BCUT2D eigenvalue weighted by Gasteiger charge is 2.19. The van der Waals surface area contributed by atoms with Crippen molar-refractivity contribution in [2.45, 2.75) is 19.4 Å². The van der Waals surface area contributed by atoms with E-state index in [4.69, 9.17) is 0 Å². The van der Waals surface area contributed by atoms with Gasteiger partial charge in [0.2, 0.25) is 11.8 Å². The summed E-state index contributed by atoms with van der Waals surface area (Å²) in [5.74, 6) is -0.0912. The second kappa shape index (κ2) is 7.91. The molecule has 1 atom stereocenters. The summed E-state index contributed by atoms with van der Waals surface area (Å²) in [6, 6.07) is 3.62. The minimum Gasteiger partial charge on any atom is -0.348 e. The predicted molar refractivity (Wildman–Crippen MR) is 77.1 cm³/mol. The molecule has 2 N–H and O–H groups in total. The first kappa shape index (κ1) is 15.7. The Labute approximate surface area is 118 Å². The zero-order chi connectivity index (χ0) is 14.3. The monoisotopic (exact) mass is 283 g/mol. The third-order valence-electron chi connectivity index (χ3n) is 2.77. The summed E-state index contributed by atoms with van der Waals surface area (Å²) in [5, 5.41) is 7.78. The highest BCUT2D eigenvalue weighted by molar-refractivity contribution is 7.10. The molecule has 1 unspecified atom stereocenters. The molecule has 0 fully saturated rings. The molecule has 0 radical (unpaired) electrons. The molecule has 0 aliphatic rings. The molecule has 0 bridgehead atoms. The average Bonchev–Trinajstić information content (AvgIpc) is 2.88. The van der Waals surface area contributed by atoms with Crippen molar-refractivity contribution < 1.29 is 9.59 Å². The minimum atomic E-state index is -0.234. The zero-order valence-electron chi connectivity index (χ0n) is 11.6. The van der Waals surface area contributed by atoms with Gasteiger partial charge < -0.3 is 15.5 Å². The van der Waals surface area contributed by atoms with Crippen LogP contribution in [0.3, 0.4) is 0 Å². The van der Waals surface area contributed by atoms with Crippen LogP contribution < -0.4 is 10.6 Å². The van der Waals surface area contributed by atoms with E-state index in [1.54, 1.807) is 23.3 Å². The fourth-order valence-corrected chi connectivity index (χ4v) is 2.47. The molecule has 0 aliphatic heterocycles. The van der Waals surface area contributed by atoms with Crippen LogP contribution in [0.2, 0.25) is 0 Å². The molecule has 1 aromatic heterocycles. The van der Waals surface area contributed by atoms with E-state index < -0.39 is 0 Å². The Hall–Kier alpha value is -1.40. The van der Waals surface area contributed by atoms with Crippen LogP contribution in [0.15, 0.2) is 17.5 Å². The van der Waals surface area contributed by atoms with E-state index in [-0.39, 0.29) is 17.9 Å². The Balaban J connectivity index is 2.62. The lowest BCUT2D eigenvalue weighted by molar-refractivity contribution is -0.130. The van der Waals surface area contributed by atoms with Crippen molar-refractivity contribution >= 4 is 23.2 Å². The van der Waals surface area contributed by atoms with E-state index >= 15 is 0 Å². The molecule has 1 aromatic rings. The molecule has 106 valence electrons. The lowest BCUT2D eigenvalue weighted by Crippen LogP contribution is -2.36. The van der Waals surface area contributed by atoms with E-state index in [1.807, 2.05) is 24.6 Å². The number of carbonyl (C=O) groups is 2. The van der Waals surface area contributed by atoms with Gasteiger partial charge in [-0.3, -0.25) is 9.59 Å². The van der Waals surface area contributed by atoms with E-state index in [2.05, 4.69) is 10.6 Å². The third kappa shape index (κ3) is 5.40. The molecule has 0 saturated carbocycles. The second-order valence-corrected chi connectivity index (χ2v) is 5.37. The summed E-state index contributed by atoms with van der Waals surface area (Å²) in [5.41, 5.74) is 0. The summed E-state index contributed by atoms with van der Waals surface area (Å²) < 4.78 is 0. The van der Waals surface area contributed by atoms with E-state index in [1.165, 1.54) is 6.92 Å². The van der Waals surface area contributed by atoms with Gasteiger partial charge >= 0.3 is 0 Å². The maximum atomic E-state index is 12.1. The summed E-state index contributed by atoms with van der Waals surface area (Å²) in [7, 11) is 3.63. The van der Waals surface area contributed by atoms with Gasteiger partial charge in [0, 0.05) is 31.9 Å². The summed E-state index contributed by atoms with van der Waals surface area (Å²) in [6.07, 6.45) is 0.292. The molecule has 2 amide bonds. The van der Waals surface area contributed by atoms with Gasteiger partial charge in [-0.25, -0.2) is 0 Å². The van der Waals surface area contributed by atoms with Crippen molar-refractivity contribution in [3.63, 3.8) is 0 Å². The quantitative estimate of drug-likeness (QED) is 0.784. The van der Waals surface area contributed by atoms with Crippen molar-refractivity contribution in [3.05, 3.63) is 22.4 Å². The SMILES string of the molecule is CNCCN(C)C(=O)CC(NC(C)=O)c1cccs1. The smallest absolute Gasteiger partial charge is 0.224 e. The van der Waals surface area contributed by atoms with Crippen LogP contribution in [0, 0.1) is 0 Å². The van der Waals surface area contributed by atoms with Crippen molar-refractivity contribution in [1.29, 1.82) is 0 Å². The Morgan fingerprint density at radius 2 is 2.21 bits per heavy atom. The van der Waals surface area contributed by atoms with Gasteiger partial charge in [0.15, 0.2) is 0 Å². The number of amides is 2. The second-order valence-electron chi connectivity index (χ2n) is 4.39. The number of carbonyl (C=O) groups excluding carboxylic acids is 2. The van der Waals surface area contributed by atoms with Gasteiger partial charge in [0.05, 0.1) is 12.5 Å². The van der Waals surface area contributed by atoms with Crippen molar-refractivity contribution in [2.24, 2.45) is 0 Å². The van der Waals surface area contributed by atoms with Gasteiger partial charge in [-0.15, -0.1) is 11.3 Å². The number of rotatable bonds is 7. The first-order valence-corrected chi connectivity index (χ1v) is 7.11. The molecule has 1 heterocycles. The molecule has 0 aliphatic carbocycles. The minimum absolute atomic E-state index is 0.0300. The van der Waals surface area contributed by atoms with Crippen LogP contribution in [0.4, 0.5) is 0 Å². The fourth-order valence-electron chi connectivity index (χ4n) is 1.69. The number of nitrogens with zero attached hydrogens (tertiary/aromatic N) is 1. The van der Waals surface area contributed by atoms with Crippen molar-refractivity contribution in [1.82, 2.24) is 15.5 Å². The molecule has 19 heavy (non-hydrogen) atoms. The highest BCUT2D eigenvalue weighted by Crippen LogP contribution is 2.22. The van der Waals surface area contributed by atoms with Crippen LogP contribution in [0.5, 0.6) is 0 Å². The average molecular weight is 283 g/mol. The van der Waals surface area contributed by atoms with Crippen molar-refractivity contribution in [3.8, 4) is 0 Å². The lowest BCUT2D eigenvalue weighted by Gasteiger charge is -2.21. The van der Waals surface area contributed by atoms with Crippen LogP contribution in [-0.2, 0) is 9.59 Å². The molecule has 6 heteroatoms. The van der Waals surface area contributed by atoms with Crippen LogP contribution >= 0.6 is 11.3 Å². The molecule has 0 spiro atoms. The molecular weight excluding hydrogens is 262 g/mol. The lowest BCUT2D eigenvalue weighted by atomic mass is 10.1. The first-order chi connectivity index (χ1) is 9.04. The van der Waals surface area contributed by atoms with Gasteiger partial charge in [-0.2, -0.15) is 0 Å². The number of likely N-dealkylation sites (N-methyl/N-ethyl adjacent to an activating group) is 2. The maximum Gasteiger partial charge on any atom is 0.224 e. The van der Waals surface area contributed by atoms with Crippen LogP contribution in [-0.4, -0.2) is 43.9 Å². The maximum absolute atomic E-state index is 12.1. The van der Waals surface area contributed by atoms with Crippen LogP contribution in [0.25, 0.3) is 0 Å². The zero-order valence-corrected chi connectivity index (χ0v) is 12.4. The summed E-state index contributed by atoms with van der Waals surface area (Å²) in [4.78, 5) is 26.0. The number of thiophene rings is 1. The third-order valence-corrected chi connectivity index (χ3v) is 3.75. The number of hydrogen-bond acceptors (Lipinski definition) is 4. The molecule has 0 saturated heterocycles. The molecule has 5 nitrogen and oxygen atoms in total. The van der Waals surface area contributed by atoms with E-state index in [9.17, 15) is 9.59 Å². The summed E-state index contributed by atoms with van der Waals surface area (Å²) in [6.45, 7) is 2.88. The highest BCUT2D eigenvalue weighted by atomic mass is 32.1. The van der Waals surface area contributed by atoms with Gasteiger partial charge in [-0.1, -0.05) is 6.07 Å². The number of hydrogen-bond donors (Lipinski definition) is 2. The standard InChI is InChI=1S/C13H21N3O2S/c1-10(17)15-11(12-5-4-8-19-12)9-13(18)16(3)7-6-14-2/h4-5,8,11,14H,6-7,9H2,1-3H3,(H,15,17). The normalized spacial score (nSPS) is 11.9. The molecule has 0 aromatic carbocycles. The first-order valence-electron chi connectivity index (χ1n) is 6.23. The summed E-state index contributed by atoms with van der Waals surface area (Å²) >= 11 is 1.55. The van der Waals surface area contributed by atoms with Crippen molar-refractivity contribution in [2.75, 3.05) is 27.2 Å². The van der Waals surface area contributed by atoms with Gasteiger partial charge in [0.25, 0.3) is 0 Å². The Morgan fingerprint density at radius 3 is 2.74 bits per heavy atom. The Morgan fingerprint density at radius 1 is 1.47 bits per heavy atom. The largest absolute Gasteiger partial charge is 0.348 e. The topological polar surface area (TPSA) is 61.4 Å². The van der Waals surface area contributed by atoms with E-state index in [0.717, 1.165) is 11.4 Å². The van der Waals surface area contributed by atoms with E-state index in [0.29, 0.717) is 13.0 Å². The van der Waals surface area contributed by atoms with Gasteiger partial charge in [-0.05, 0) is 18.5 Å². The van der Waals surface area contributed by atoms with Crippen LogP contribution in [0.1, 0.15) is 24.3 Å². The Kier molecular flexibility index (Phi) is 6.52. The predicted octanol–water partition coefficient (Wildman–Crippen LogP) is 0.993. The fraction of sp³-hybridized carbons (Fsp3) is 0.538. The number of nitrogens with one attached hydrogen (secondary N) is 2. The Bertz CT molecular complexity index is 406.